The lowest BCUT2D eigenvalue weighted by Gasteiger charge is -2.37. The summed E-state index contributed by atoms with van der Waals surface area (Å²) in [5.41, 5.74) is 0.0769. The average molecular weight is 223 g/mol. The van der Waals surface area contributed by atoms with Crippen molar-refractivity contribution in [3.8, 4) is 0 Å². The Morgan fingerprint density at radius 1 is 1.20 bits per heavy atom. The van der Waals surface area contributed by atoms with Gasteiger partial charge < -0.3 is 4.90 Å². The third-order valence-electron chi connectivity index (χ3n) is 2.67. The maximum absolute atomic E-state index is 12.5. The lowest BCUT2D eigenvalue weighted by molar-refractivity contribution is -0.187. The third kappa shape index (κ3) is 4.41. The first-order chi connectivity index (χ1) is 6.68. The topological polar surface area (TPSA) is 3.24 Å². The van der Waals surface area contributed by atoms with Gasteiger partial charge in [-0.05, 0) is 24.8 Å². The van der Waals surface area contributed by atoms with Crippen LogP contribution in [0.2, 0.25) is 0 Å². The van der Waals surface area contributed by atoms with Gasteiger partial charge in [-0.3, -0.25) is 0 Å². The van der Waals surface area contributed by atoms with E-state index in [2.05, 4.69) is 20.8 Å². The normalized spacial score (nSPS) is 25.6. The van der Waals surface area contributed by atoms with Crippen LogP contribution in [0.4, 0.5) is 13.2 Å². The maximum atomic E-state index is 12.5. The summed E-state index contributed by atoms with van der Waals surface area (Å²) >= 11 is 0. The molecule has 1 fully saturated rings. The van der Waals surface area contributed by atoms with Crippen LogP contribution in [0.3, 0.4) is 0 Å². The lowest BCUT2D eigenvalue weighted by atomic mass is 9.92. The molecule has 1 aliphatic heterocycles. The van der Waals surface area contributed by atoms with E-state index in [0.717, 1.165) is 13.1 Å². The molecular weight excluding hydrogens is 203 g/mol. The second kappa shape index (κ2) is 4.32. The second-order valence-corrected chi connectivity index (χ2v) is 5.68. The number of rotatable bonds is 1. The highest BCUT2D eigenvalue weighted by Gasteiger charge is 2.42. The second-order valence-electron chi connectivity index (χ2n) is 5.68. The van der Waals surface area contributed by atoms with E-state index in [0.29, 0.717) is 12.8 Å². The van der Waals surface area contributed by atoms with Gasteiger partial charge in [0.25, 0.3) is 0 Å². The highest BCUT2D eigenvalue weighted by Crippen LogP contribution is 2.33. The summed E-state index contributed by atoms with van der Waals surface area (Å²) in [6.45, 7) is 7.92. The Kier molecular flexibility index (Phi) is 3.69. The molecule has 0 aromatic carbocycles. The van der Waals surface area contributed by atoms with Crippen LogP contribution in [-0.4, -0.2) is 30.7 Å². The van der Waals surface area contributed by atoms with Crippen LogP contribution in [0.5, 0.6) is 0 Å². The lowest BCUT2D eigenvalue weighted by Crippen LogP contribution is -2.44. The highest BCUT2D eigenvalue weighted by molar-refractivity contribution is 4.80. The summed E-state index contributed by atoms with van der Waals surface area (Å²) in [5, 5.41) is 0. The molecule has 0 N–H and O–H groups in total. The Morgan fingerprint density at radius 3 is 2.27 bits per heavy atom. The first-order valence-corrected chi connectivity index (χ1v) is 5.47. The quantitative estimate of drug-likeness (QED) is 0.659. The van der Waals surface area contributed by atoms with Crippen molar-refractivity contribution in [1.82, 2.24) is 4.90 Å². The molecule has 1 nitrogen and oxygen atoms in total. The first kappa shape index (κ1) is 12.8. The molecule has 0 radical (unpaired) electrons. The average Bonchev–Trinajstić information content (AvgIpc) is 1.99. The molecular formula is C11H20F3N. The van der Waals surface area contributed by atoms with Gasteiger partial charge in [0.05, 0.1) is 5.92 Å². The zero-order valence-corrected chi connectivity index (χ0v) is 9.69. The Bertz CT molecular complexity index is 205. The highest BCUT2D eigenvalue weighted by atomic mass is 19.4. The Morgan fingerprint density at radius 2 is 1.80 bits per heavy atom. The molecule has 90 valence electrons. The fourth-order valence-electron chi connectivity index (χ4n) is 2.14. The first-order valence-electron chi connectivity index (χ1n) is 5.47. The van der Waals surface area contributed by atoms with Gasteiger partial charge in [0, 0.05) is 13.1 Å². The van der Waals surface area contributed by atoms with E-state index in [-0.39, 0.29) is 12.0 Å². The van der Waals surface area contributed by atoms with Gasteiger partial charge in [-0.15, -0.1) is 0 Å². The smallest absolute Gasteiger partial charge is 0.302 e. The molecule has 0 amide bonds. The van der Waals surface area contributed by atoms with Crippen molar-refractivity contribution in [2.45, 2.75) is 39.8 Å². The number of piperidine rings is 1. The molecule has 15 heavy (non-hydrogen) atoms. The number of alkyl halides is 3. The van der Waals surface area contributed by atoms with Crippen molar-refractivity contribution in [2.75, 3.05) is 19.6 Å². The zero-order chi connectivity index (χ0) is 11.7. The van der Waals surface area contributed by atoms with E-state index in [1.54, 1.807) is 0 Å². The van der Waals surface area contributed by atoms with Crippen LogP contribution in [0, 0.1) is 11.3 Å². The minimum atomic E-state index is -4.02. The molecule has 1 unspecified atom stereocenters. The molecule has 0 aromatic rings. The third-order valence-corrected chi connectivity index (χ3v) is 2.67. The Hall–Kier alpha value is -0.250. The maximum Gasteiger partial charge on any atom is 0.393 e. The number of hydrogen-bond acceptors (Lipinski definition) is 1. The number of nitrogens with zero attached hydrogens (tertiary/aromatic N) is 1. The predicted molar refractivity (Wildman–Crippen MR) is 54.7 cm³/mol. The minimum absolute atomic E-state index is 0.0769. The molecule has 1 heterocycles. The van der Waals surface area contributed by atoms with Gasteiger partial charge in [0.15, 0.2) is 0 Å². The van der Waals surface area contributed by atoms with Crippen LogP contribution in [-0.2, 0) is 0 Å². The van der Waals surface area contributed by atoms with Crippen LogP contribution >= 0.6 is 0 Å². The number of hydrogen-bond donors (Lipinski definition) is 0. The summed E-state index contributed by atoms with van der Waals surface area (Å²) in [5.74, 6) is -1.12. The fraction of sp³-hybridized carbons (Fsp3) is 1.00. The van der Waals surface area contributed by atoms with E-state index < -0.39 is 12.1 Å². The monoisotopic (exact) mass is 223 g/mol. The molecule has 4 heteroatoms. The van der Waals surface area contributed by atoms with E-state index in [4.69, 9.17) is 0 Å². The van der Waals surface area contributed by atoms with Gasteiger partial charge in [-0.2, -0.15) is 13.2 Å². The van der Waals surface area contributed by atoms with Gasteiger partial charge in [0.2, 0.25) is 0 Å². The standard InChI is InChI=1S/C11H20F3N/c1-10(2,3)8-15-6-4-5-9(7-15)11(12,13)14/h9H,4-8H2,1-3H3. The molecule has 0 bridgehead atoms. The van der Waals surface area contributed by atoms with Crippen LogP contribution in [0.25, 0.3) is 0 Å². The van der Waals surface area contributed by atoms with Crippen molar-refractivity contribution in [3.63, 3.8) is 0 Å². The van der Waals surface area contributed by atoms with E-state index >= 15 is 0 Å². The van der Waals surface area contributed by atoms with Gasteiger partial charge in [-0.1, -0.05) is 20.8 Å². The van der Waals surface area contributed by atoms with Crippen LogP contribution in [0.15, 0.2) is 0 Å². The largest absolute Gasteiger partial charge is 0.393 e. The van der Waals surface area contributed by atoms with Crippen molar-refractivity contribution in [1.29, 1.82) is 0 Å². The number of halogens is 3. The fourth-order valence-corrected chi connectivity index (χ4v) is 2.14. The SMILES string of the molecule is CC(C)(C)CN1CCCC(C(F)(F)F)C1. The van der Waals surface area contributed by atoms with Gasteiger partial charge in [0.1, 0.15) is 0 Å². The molecule has 1 aliphatic rings. The molecule has 0 saturated carbocycles. The Labute approximate surface area is 89.6 Å². The van der Waals surface area contributed by atoms with Crippen molar-refractivity contribution in [3.05, 3.63) is 0 Å². The van der Waals surface area contributed by atoms with Gasteiger partial charge in [-0.25, -0.2) is 0 Å². The summed E-state index contributed by atoms with van der Waals surface area (Å²) in [4.78, 5) is 1.95. The van der Waals surface area contributed by atoms with Crippen LogP contribution in [0.1, 0.15) is 33.6 Å². The summed E-state index contributed by atoms with van der Waals surface area (Å²) in [6.07, 6.45) is -3.05. The summed E-state index contributed by atoms with van der Waals surface area (Å²) < 4.78 is 37.6. The van der Waals surface area contributed by atoms with Crippen molar-refractivity contribution < 1.29 is 13.2 Å². The van der Waals surface area contributed by atoms with Crippen LogP contribution < -0.4 is 0 Å². The molecule has 0 aromatic heterocycles. The summed E-state index contributed by atoms with van der Waals surface area (Å²) in [6, 6.07) is 0. The van der Waals surface area contributed by atoms with E-state index in [1.165, 1.54) is 0 Å². The molecule has 0 aliphatic carbocycles. The van der Waals surface area contributed by atoms with Crippen molar-refractivity contribution >= 4 is 0 Å². The minimum Gasteiger partial charge on any atom is -0.302 e. The summed E-state index contributed by atoms with van der Waals surface area (Å²) in [7, 11) is 0. The van der Waals surface area contributed by atoms with Crippen molar-refractivity contribution in [2.24, 2.45) is 11.3 Å². The molecule has 1 saturated heterocycles. The number of likely N-dealkylation sites (tertiary alicyclic amines) is 1. The molecule has 0 spiro atoms. The molecule has 1 atom stereocenters. The van der Waals surface area contributed by atoms with E-state index in [9.17, 15) is 13.2 Å². The predicted octanol–water partition coefficient (Wildman–Crippen LogP) is 3.31. The zero-order valence-electron chi connectivity index (χ0n) is 9.69. The Balaban J connectivity index is 2.50. The van der Waals surface area contributed by atoms with E-state index in [1.807, 2.05) is 4.90 Å². The van der Waals surface area contributed by atoms with Gasteiger partial charge >= 0.3 is 6.18 Å². The molecule has 1 rings (SSSR count).